The molecule has 2 aromatic heterocycles. The molecule has 1 aliphatic heterocycles. The number of pyridine rings is 1. The quantitative estimate of drug-likeness (QED) is 0.250. The van der Waals surface area contributed by atoms with Crippen molar-refractivity contribution in [3.63, 3.8) is 0 Å². The topological polar surface area (TPSA) is 92.7 Å². The first-order valence-electron chi connectivity index (χ1n) is 15.7. The molecule has 8 nitrogen and oxygen atoms in total. The van der Waals surface area contributed by atoms with Gasteiger partial charge in [0.15, 0.2) is 5.79 Å². The van der Waals surface area contributed by atoms with Gasteiger partial charge in [0.1, 0.15) is 11.4 Å². The number of esters is 1. The van der Waals surface area contributed by atoms with Gasteiger partial charge >= 0.3 is 12.0 Å². The summed E-state index contributed by atoms with van der Waals surface area (Å²) in [5.41, 5.74) is 6.95. The third kappa shape index (κ3) is 7.76. The summed E-state index contributed by atoms with van der Waals surface area (Å²) in [6.45, 7) is 13.5. The Morgan fingerprint density at radius 2 is 1.87 bits per heavy atom. The van der Waals surface area contributed by atoms with Crippen molar-refractivity contribution in [3.8, 4) is 28.4 Å². The first kappa shape index (κ1) is 32.7. The van der Waals surface area contributed by atoms with Crippen molar-refractivity contribution in [1.82, 2.24) is 15.0 Å². The molecule has 0 unspecified atom stereocenters. The minimum Gasteiger partial charge on any atom is -0.467 e. The van der Waals surface area contributed by atoms with Crippen molar-refractivity contribution in [2.45, 2.75) is 110 Å². The van der Waals surface area contributed by atoms with Crippen molar-refractivity contribution in [2.24, 2.45) is 0 Å². The molecule has 3 aromatic rings. The summed E-state index contributed by atoms with van der Waals surface area (Å²) in [5, 5.41) is 0. The van der Waals surface area contributed by atoms with Gasteiger partial charge < -0.3 is 18.9 Å². The standard InChI is InChI=1S/C36H44FN3O5/c1-21(2)32-27(17-16-24-18-25(44-36(6,7)43-24)19-30(41)45-35(3,4)5)31(22-12-14-23(37)15-13-22)26-10-9-11-29-28(33(26)40-32)20-38-34(39-29)42-8/h12-17,20-21,24-25H,9-11,18-19H2,1-8H3/t24-,25-/m1/s1. The van der Waals surface area contributed by atoms with Crippen molar-refractivity contribution in [2.75, 3.05) is 7.11 Å². The summed E-state index contributed by atoms with van der Waals surface area (Å²) < 4.78 is 37.5. The van der Waals surface area contributed by atoms with Gasteiger partial charge in [0.2, 0.25) is 0 Å². The van der Waals surface area contributed by atoms with Crippen molar-refractivity contribution in [1.29, 1.82) is 0 Å². The largest absolute Gasteiger partial charge is 0.467 e. The monoisotopic (exact) mass is 617 g/mol. The predicted octanol–water partition coefficient (Wildman–Crippen LogP) is 7.62. The van der Waals surface area contributed by atoms with E-state index in [0.717, 1.165) is 64.2 Å². The van der Waals surface area contributed by atoms with E-state index in [1.165, 1.54) is 12.1 Å². The molecule has 1 aromatic carbocycles. The van der Waals surface area contributed by atoms with E-state index in [2.05, 4.69) is 29.9 Å². The second kappa shape index (κ2) is 13.0. The number of hydrogen-bond acceptors (Lipinski definition) is 8. The number of carbonyl (C=O) groups excluding carboxylic acids is 1. The lowest BCUT2D eigenvalue weighted by Crippen LogP contribution is -2.45. The maximum atomic E-state index is 14.1. The van der Waals surface area contributed by atoms with Gasteiger partial charge in [-0.15, -0.1) is 0 Å². The van der Waals surface area contributed by atoms with Gasteiger partial charge in [-0.2, -0.15) is 4.98 Å². The van der Waals surface area contributed by atoms with Gasteiger partial charge in [-0.1, -0.05) is 38.1 Å². The van der Waals surface area contributed by atoms with Crippen molar-refractivity contribution >= 4 is 12.0 Å². The Bertz CT molecular complexity index is 1580. The summed E-state index contributed by atoms with van der Waals surface area (Å²) in [6.07, 6.45) is 8.26. The number of methoxy groups -OCH3 is 1. The second-order valence-electron chi connectivity index (χ2n) is 13.5. The first-order valence-corrected chi connectivity index (χ1v) is 15.7. The van der Waals surface area contributed by atoms with Crippen LogP contribution in [0.25, 0.3) is 28.5 Å². The van der Waals surface area contributed by atoms with E-state index in [-0.39, 0.29) is 36.3 Å². The number of halogens is 1. The molecule has 2 aliphatic rings. The number of aryl methyl sites for hydroxylation is 1. The zero-order valence-electron chi connectivity index (χ0n) is 27.6. The van der Waals surface area contributed by atoms with Gasteiger partial charge in [0.25, 0.3) is 0 Å². The minimum absolute atomic E-state index is 0.0759. The van der Waals surface area contributed by atoms with Crippen LogP contribution >= 0.6 is 0 Å². The SMILES string of the molecule is COc1ncc2c(n1)CCCc1c-2nc(C(C)C)c(C=C[C@@H]2C[C@H](CC(=O)OC(C)(C)C)OC(C)(C)O2)c1-c1ccc(F)cc1. The summed E-state index contributed by atoms with van der Waals surface area (Å²) >= 11 is 0. The highest BCUT2D eigenvalue weighted by atomic mass is 19.1. The predicted molar refractivity (Wildman–Crippen MR) is 171 cm³/mol. The van der Waals surface area contributed by atoms with Gasteiger partial charge in [-0.25, -0.2) is 9.37 Å². The Balaban J connectivity index is 1.60. The van der Waals surface area contributed by atoms with E-state index >= 15 is 0 Å². The van der Waals surface area contributed by atoms with E-state index in [1.807, 2.05) is 52.8 Å². The second-order valence-corrected chi connectivity index (χ2v) is 13.5. The van der Waals surface area contributed by atoms with Crippen LogP contribution in [0.2, 0.25) is 0 Å². The fourth-order valence-corrected chi connectivity index (χ4v) is 6.16. The zero-order chi connectivity index (χ0) is 32.5. The molecule has 45 heavy (non-hydrogen) atoms. The smallest absolute Gasteiger partial charge is 0.316 e. The normalized spacial score (nSPS) is 19.6. The maximum absolute atomic E-state index is 14.1. The number of aromatic nitrogens is 3. The molecule has 9 heteroatoms. The Morgan fingerprint density at radius 3 is 2.53 bits per heavy atom. The van der Waals surface area contributed by atoms with E-state index in [9.17, 15) is 9.18 Å². The fourth-order valence-electron chi connectivity index (χ4n) is 6.16. The average Bonchev–Trinajstić information content (AvgIpc) is 3.12. The molecule has 240 valence electrons. The van der Waals surface area contributed by atoms with E-state index < -0.39 is 11.4 Å². The molecule has 1 aliphatic carbocycles. The molecule has 0 N–H and O–H groups in total. The lowest BCUT2D eigenvalue weighted by Gasteiger charge is -2.39. The molecule has 0 saturated carbocycles. The number of hydrogen-bond donors (Lipinski definition) is 0. The number of fused-ring (bicyclic) bond motifs is 3. The first-order chi connectivity index (χ1) is 21.2. The van der Waals surface area contributed by atoms with E-state index in [1.54, 1.807) is 13.3 Å². The summed E-state index contributed by atoms with van der Waals surface area (Å²) in [7, 11) is 1.57. The highest BCUT2D eigenvalue weighted by Crippen LogP contribution is 2.42. The molecule has 0 bridgehead atoms. The molecular formula is C36H44FN3O5. The highest BCUT2D eigenvalue weighted by Gasteiger charge is 2.36. The van der Waals surface area contributed by atoms with E-state index in [4.69, 9.17) is 23.9 Å². The summed E-state index contributed by atoms with van der Waals surface area (Å²) in [4.78, 5) is 27.0. The Hall–Kier alpha value is -3.69. The van der Waals surface area contributed by atoms with Crippen LogP contribution in [-0.2, 0) is 31.8 Å². The van der Waals surface area contributed by atoms with Crippen LogP contribution in [0, 0.1) is 5.82 Å². The van der Waals surface area contributed by atoms with Crippen LogP contribution in [0.3, 0.4) is 0 Å². The Kier molecular flexibility index (Phi) is 9.42. The van der Waals surface area contributed by atoms with Crippen molar-refractivity contribution in [3.05, 3.63) is 64.9 Å². The van der Waals surface area contributed by atoms with Crippen LogP contribution in [0.5, 0.6) is 6.01 Å². The van der Waals surface area contributed by atoms with Gasteiger partial charge in [0, 0.05) is 23.7 Å². The Morgan fingerprint density at radius 1 is 1.13 bits per heavy atom. The minimum atomic E-state index is -0.891. The molecular weight excluding hydrogens is 573 g/mol. The third-order valence-corrected chi connectivity index (χ3v) is 7.84. The van der Waals surface area contributed by atoms with Crippen LogP contribution in [-0.4, -0.2) is 51.6 Å². The van der Waals surface area contributed by atoms with Crippen LogP contribution in [0.1, 0.15) is 96.2 Å². The zero-order valence-corrected chi connectivity index (χ0v) is 27.6. The van der Waals surface area contributed by atoms with Crippen LogP contribution < -0.4 is 4.74 Å². The molecule has 3 heterocycles. The number of rotatable bonds is 7. The third-order valence-electron chi connectivity index (χ3n) is 7.84. The molecule has 2 atom stereocenters. The Labute approximate surface area is 265 Å². The van der Waals surface area contributed by atoms with Gasteiger partial charge in [-0.05, 0) is 88.6 Å². The number of ether oxygens (including phenoxy) is 4. The van der Waals surface area contributed by atoms with Crippen molar-refractivity contribution < 1.29 is 28.1 Å². The summed E-state index contributed by atoms with van der Waals surface area (Å²) in [6, 6.07) is 6.98. The lowest BCUT2D eigenvalue weighted by molar-refractivity contribution is -0.290. The van der Waals surface area contributed by atoms with Gasteiger partial charge in [-0.3, -0.25) is 9.78 Å². The number of benzene rings is 1. The number of nitrogens with zero attached hydrogens (tertiary/aromatic N) is 3. The maximum Gasteiger partial charge on any atom is 0.316 e. The lowest BCUT2D eigenvalue weighted by atomic mass is 9.86. The molecule has 1 fully saturated rings. The van der Waals surface area contributed by atoms with Gasteiger partial charge in [0.05, 0.1) is 42.8 Å². The highest BCUT2D eigenvalue weighted by molar-refractivity contribution is 5.85. The van der Waals surface area contributed by atoms with Crippen LogP contribution in [0.15, 0.2) is 36.5 Å². The van der Waals surface area contributed by atoms with Crippen LogP contribution in [0.4, 0.5) is 4.39 Å². The molecule has 0 radical (unpaired) electrons. The molecule has 5 rings (SSSR count). The number of carbonyl (C=O) groups is 1. The fraction of sp³-hybridized carbons (Fsp3) is 0.500. The average molecular weight is 618 g/mol. The molecule has 0 amide bonds. The molecule has 0 spiro atoms. The summed E-state index contributed by atoms with van der Waals surface area (Å²) in [5.74, 6) is -1.41. The molecule has 1 saturated heterocycles. The van der Waals surface area contributed by atoms with E-state index in [0.29, 0.717) is 12.4 Å².